The van der Waals surface area contributed by atoms with Gasteiger partial charge in [0.05, 0.1) is 0 Å². The molecule has 1 fully saturated rings. The van der Waals surface area contributed by atoms with Gasteiger partial charge < -0.3 is 20.2 Å². The van der Waals surface area contributed by atoms with Crippen LogP contribution in [0.2, 0.25) is 0 Å². The van der Waals surface area contributed by atoms with Crippen molar-refractivity contribution in [1.29, 1.82) is 0 Å². The molecule has 1 rings (SSSR count). The fourth-order valence-corrected chi connectivity index (χ4v) is 1.80. The van der Waals surface area contributed by atoms with Crippen molar-refractivity contribution >= 4 is 11.8 Å². The summed E-state index contributed by atoms with van der Waals surface area (Å²) in [6, 6.07) is 0. The summed E-state index contributed by atoms with van der Waals surface area (Å²) in [4.78, 5) is 26.9. The molecule has 0 aromatic carbocycles. The first-order valence-electron chi connectivity index (χ1n) is 6.10. The fraction of sp³-hybridized carbons (Fsp3) is 0.818. The van der Waals surface area contributed by atoms with Gasteiger partial charge in [-0.25, -0.2) is 0 Å². The Morgan fingerprint density at radius 3 is 2.53 bits per heavy atom. The molecule has 6 heteroatoms. The highest BCUT2D eigenvalue weighted by molar-refractivity contribution is 6.34. The molecule has 0 saturated carbocycles. The lowest BCUT2D eigenvalue weighted by atomic mass is 10.3. The van der Waals surface area contributed by atoms with E-state index in [1.54, 1.807) is 4.90 Å². The maximum absolute atomic E-state index is 11.9. The Balaban J connectivity index is 2.50. The van der Waals surface area contributed by atoms with Gasteiger partial charge in [-0.1, -0.05) is 0 Å². The predicted octanol–water partition coefficient (Wildman–Crippen LogP) is -1.35. The number of amides is 2. The fourth-order valence-electron chi connectivity index (χ4n) is 1.80. The lowest BCUT2D eigenvalue weighted by molar-refractivity contribution is -0.152. The van der Waals surface area contributed by atoms with Crippen molar-refractivity contribution in [3.05, 3.63) is 0 Å². The van der Waals surface area contributed by atoms with Gasteiger partial charge in [-0.2, -0.15) is 0 Å². The van der Waals surface area contributed by atoms with E-state index in [4.69, 9.17) is 5.11 Å². The third kappa shape index (κ3) is 3.98. The van der Waals surface area contributed by atoms with E-state index >= 15 is 0 Å². The molecule has 1 aliphatic heterocycles. The van der Waals surface area contributed by atoms with Crippen LogP contribution in [0, 0.1) is 0 Å². The van der Waals surface area contributed by atoms with Gasteiger partial charge in [0.2, 0.25) is 0 Å². The number of nitrogens with one attached hydrogen (secondary N) is 1. The van der Waals surface area contributed by atoms with Crippen molar-refractivity contribution in [3.63, 3.8) is 0 Å². The Morgan fingerprint density at radius 2 is 2.00 bits per heavy atom. The van der Waals surface area contributed by atoms with Crippen LogP contribution in [-0.2, 0) is 9.59 Å². The first kappa shape index (κ1) is 13.9. The number of aliphatic hydroxyl groups is 1. The number of piperazine rings is 1. The second-order valence-corrected chi connectivity index (χ2v) is 4.00. The molecule has 1 heterocycles. The van der Waals surface area contributed by atoms with Crippen LogP contribution in [0.4, 0.5) is 0 Å². The SMILES string of the molecule is CCN(CCCO)C(=O)C(=O)N1CCNCC1. The molecule has 17 heavy (non-hydrogen) atoms. The van der Waals surface area contributed by atoms with E-state index in [1.807, 2.05) is 6.92 Å². The maximum atomic E-state index is 11.9. The highest BCUT2D eigenvalue weighted by atomic mass is 16.3. The molecule has 0 spiro atoms. The van der Waals surface area contributed by atoms with Crippen LogP contribution in [0.5, 0.6) is 0 Å². The van der Waals surface area contributed by atoms with Gasteiger partial charge in [-0.05, 0) is 13.3 Å². The van der Waals surface area contributed by atoms with Crippen molar-refractivity contribution in [3.8, 4) is 0 Å². The Kier molecular flexibility index (Phi) is 5.93. The summed E-state index contributed by atoms with van der Waals surface area (Å²) in [6.07, 6.45) is 0.508. The van der Waals surface area contributed by atoms with Gasteiger partial charge in [0.1, 0.15) is 0 Å². The van der Waals surface area contributed by atoms with Gasteiger partial charge in [0.25, 0.3) is 0 Å². The number of aliphatic hydroxyl groups excluding tert-OH is 1. The van der Waals surface area contributed by atoms with E-state index in [-0.39, 0.29) is 6.61 Å². The smallest absolute Gasteiger partial charge is 0.312 e. The molecule has 0 aromatic rings. The summed E-state index contributed by atoms with van der Waals surface area (Å²) >= 11 is 0. The van der Waals surface area contributed by atoms with Gasteiger partial charge in [0, 0.05) is 45.9 Å². The molecule has 0 radical (unpaired) electrons. The molecule has 0 bridgehead atoms. The van der Waals surface area contributed by atoms with Gasteiger partial charge in [-0.3, -0.25) is 9.59 Å². The largest absolute Gasteiger partial charge is 0.396 e. The molecule has 1 saturated heterocycles. The van der Waals surface area contributed by atoms with Crippen LogP contribution in [0.25, 0.3) is 0 Å². The zero-order valence-electron chi connectivity index (χ0n) is 10.3. The van der Waals surface area contributed by atoms with E-state index in [2.05, 4.69) is 5.32 Å². The minimum atomic E-state index is -0.456. The van der Waals surface area contributed by atoms with Crippen LogP contribution < -0.4 is 5.32 Å². The van der Waals surface area contributed by atoms with Crippen molar-refractivity contribution in [2.75, 3.05) is 45.9 Å². The molecule has 2 N–H and O–H groups in total. The van der Waals surface area contributed by atoms with Crippen molar-refractivity contribution < 1.29 is 14.7 Å². The van der Waals surface area contributed by atoms with Crippen LogP contribution in [0.15, 0.2) is 0 Å². The number of likely N-dealkylation sites (N-methyl/N-ethyl adjacent to an activating group) is 1. The van der Waals surface area contributed by atoms with Gasteiger partial charge >= 0.3 is 11.8 Å². The minimum absolute atomic E-state index is 0.0333. The van der Waals surface area contributed by atoms with E-state index in [9.17, 15) is 9.59 Å². The molecule has 0 aliphatic carbocycles. The molecule has 0 unspecified atom stereocenters. The van der Waals surface area contributed by atoms with Gasteiger partial charge in [-0.15, -0.1) is 0 Å². The second-order valence-electron chi connectivity index (χ2n) is 4.00. The van der Waals surface area contributed by atoms with Crippen LogP contribution in [0.3, 0.4) is 0 Å². The number of rotatable bonds is 4. The molecule has 0 atom stereocenters. The van der Waals surface area contributed by atoms with Crippen LogP contribution in [-0.4, -0.2) is 72.6 Å². The Hall–Kier alpha value is -1.14. The molecular formula is C11H21N3O3. The molecule has 2 amide bonds. The third-order valence-electron chi connectivity index (χ3n) is 2.84. The highest BCUT2D eigenvalue weighted by Crippen LogP contribution is 1.99. The van der Waals surface area contributed by atoms with Crippen LogP contribution in [0.1, 0.15) is 13.3 Å². The Bertz CT molecular complexity index is 265. The predicted molar refractivity (Wildman–Crippen MR) is 63.4 cm³/mol. The Morgan fingerprint density at radius 1 is 1.35 bits per heavy atom. The zero-order chi connectivity index (χ0) is 12.7. The standard InChI is InChI=1S/C11H21N3O3/c1-2-13(6-3-9-15)10(16)11(17)14-7-4-12-5-8-14/h12,15H,2-9H2,1H3. The summed E-state index contributed by atoms with van der Waals surface area (Å²) in [6.45, 7) is 5.44. The number of nitrogens with zero attached hydrogens (tertiary/aromatic N) is 2. The lowest BCUT2D eigenvalue weighted by Crippen LogP contribution is -2.52. The minimum Gasteiger partial charge on any atom is -0.396 e. The first-order chi connectivity index (χ1) is 8.20. The molecule has 6 nitrogen and oxygen atoms in total. The summed E-state index contributed by atoms with van der Waals surface area (Å²) < 4.78 is 0. The summed E-state index contributed by atoms with van der Waals surface area (Å²) in [5.74, 6) is -0.880. The number of carbonyl (C=O) groups is 2. The first-order valence-corrected chi connectivity index (χ1v) is 6.10. The second kappa shape index (κ2) is 7.24. The van der Waals surface area contributed by atoms with Crippen molar-refractivity contribution in [2.24, 2.45) is 0 Å². The normalized spacial score (nSPS) is 15.8. The number of carbonyl (C=O) groups excluding carboxylic acids is 2. The van der Waals surface area contributed by atoms with E-state index in [0.29, 0.717) is 32.6 Å². The van der Waals surface area contributed by atoms with E-state index < -0.39 is 11.8 Å². The molecule has 98 valence electrons. The monoisotopic (exact) mass is 243 g/mol. The topological polar surface area (TPSA) is 72.9 Å². The average molecular weight is 243 g/mol. The van der Waals surface area contributed by atoms with E-state index in [0.717, 1.165) is 13.1 Å². The molecule has 1 aliphatic rings. The zero-order valence-corrected chi connectivity index (χ0v) is 10.3. The van der Waals surface area contributed by atoms with Crippen molar-refractivity contribution in [1.82, 2.24) is 15.1 Å². The quantitative estimate of drug-likeness (QED) is 0.599. The van der Waals surface area contributed by atoms with Crippen LogP contribution >= 0.6 is 0 Å². The average Bonchev–Trinajstić information content (AvgIpc) is 2.39. The molecular weight excluding hydrogens is 222 g/mol. The third-order valence-corrected chi connectivity index (χ3v) is 2.84. The van der Waals surface area contributed by atoms with Crippen molar-refractivity contribution in [2.45, 2.75) is 13.3 Å². The highest BCUT2D eigenvalue weighted by Gasteiger charge is 2.26. The van der Waals surface area contributed by atoms with E-state index in [1.165, 1.54) is 4.90 Å². The molecule has 0 aromatic heterocycles. The summed E-state index contributed by atoms with van der Waals surface area (Å²) in [5, 5.41) is 11.9. The number of hydrogen-bond acceptors (Lipinski definition) is 4. The van der Waals surface area contributed by atoms with Gasteiger partial charge in [0.15, 0.2) is 0 Å². The lowest BCUT2D eigenvalue weighted by Gasteiger charge is -2.29. The Labute approximate surface area is 102 Å². The maximum Gasteiger partial charge on any atom is 0.312 e. The number of hydrogen-bond donors (Lipinski definition) is 2. The summed E-state index contributed by atoms with van der Waals surface area (Å²) in [5.41, 5.74) is 0. The summed E-state index contributed by atoms with van der Waals surface area (Å²) in [7, 11) is 0.